The average molecular weight is 335 g/mol. The summed E-state index contributed by atoms with van der Waals surface area (Å²) in [5.74, 6) is 0.889. The summed E-state index contributed by atoms with van der Waals surface area (Å²) in [5, 5.41) is 21.1. The zero-order chi connectivity index (χ0) is 17.3. The maximum absolute atomic E-state index is 12.1. The second kappa shape index (κ2) is 5.20. The van der Waals surface area contributed by atoms with Crippen LogP contribution in [0.5, 0.6) is 0 Å². The lowest BCUT2D eigenvalue weighted by molar-refractivity contribution is -0.243. The van der Waals surface area contributed by atoms with Crippen molar-refractivity contribution in [3.8, 4) is 0 Å². The molecule has 4 N–H and O–H groups in total. The zero-order valence-electron chi connectivity index (χ0n) is 15.1. The maximum Gasteiger partial charge on any atom is 0.309 e. The average Bonchev–Trinajstić information content (AvgIpc) is 2.55. The highest BCUT2D eigenvalue weighted by atomic mass is 16.4. The van der Waals surface area contributed by atoms with E-state index in [1.807, 2.05) is 6.92 Å². The zero-order valence-corrected chi connectivity index (χ0v) is 15.1. The van der Waals surface area contributed by atoms with Gasteiger partial charge in [0.2, 0.25) is 0 Å². The van der Waals surface area contributed by atoms with Crippen LogP contribution in [0.15, 0.2) is 0 Å². The summed E-state index contributed by atoms with van der Waals surface area (Å²) in [4.78, 5) is 12.1. The Morgan fingerprint density at radius 2 is 1.83 bits per heavy atom. The Kier molecular flexibility index (Phi) is 3.65. The topological polar surface area (TPSA) is 83.5 Å². The Hall–Kier alpha value is -0.610. The first kappa shape index (κ1) is 16.8. The number of nitrogens with two attached hydrogens (primary N) is 1. The molecule has 5 aliphatic carbocycles. The van der Waals surface area contributed by atoms with Gasteiger partial charge < -0.3 is 15.9 Å². The Labute approximate surface area is 145 Å². The fourth-order valence-corrected chi connectivity index (χ4v) is 8.05. The highest BCUT2D eigenvalue weighted by Crippen LogP contribution is 2.72. The van der Waals surface area contributed by atoms with E-state index in [0.29, 0.717) is 18.4 Å². The van der Waals surface area contributed by atoms with Gasteiger partial charge in [0, 0.05) is 11.3 Å². The normalized spacial score (nSPS) is 56.4. The van der Waals surface area contributed by atoms with Crippen LogP contribution in [-0.2, 0) is 4.79 Å². The molecule has 5 aliphatic rings. The van der Waals surface area contributed by atoms with E-state index >= 15 is 0 Å². The van der Waals surface area contributed by atoms with Gasteiger partial charge in [-0.05, 0) is 81.6 Å². The molecule has 8 atom stereocenters. The minimum atomic E-state index is -0.615. The molecule has 0 aromatic carbocycles. The van der Waals surface area contributed by atoms with E-state index < -0.39 is 11.4 Å². The predicted molar refractivity (Wildman–Crippen MR) is 92.2 cm³/mol. The van der Waals surface area contributed by atoms with Gasteiger partial charge in [-0.3, -0.25) is 4.79 Å². The quantitative estimate of drug-likeness (QED) is 0.724. The van der Waals surface area contributed by atoms with Crippen LogP contribution in [0.4, 0.5) is 0 Å². The number of hydrogen-bond donors (Lipinski definition) is 3. The van der Waals surface area contributed by atoms with Crippen molar-refractivity contribution in [3.05, 3.63) is 0 Å². The van der Waals surface area contributed by atoms with E-state index in [2.05, 4.69) is 6.92 Å². The number of carbonyl (C=O) groups is 1. The molecule has 5 rings (SSSR count). The molecule has 0 aliphatic heterocycles. The van der Waals surface area contributed by atoms with E-state index in [4.69, 9.17) is 5.73 Å². The molecule has 0 unspecified atom stereocenters. The molecule has 4 heteroatoms. The number of aliphatic hydroxyl groups is 1. The smallest absolute Gasteiger partial charge is 0.309 e. The Balaban J connectivity index is 1.75. The van der Waals surface area contributed by atoms with Gasteiger partial charge in [-0.2, -0.15) is 0 Å². The predicted octanol–water partition coefficient (Wildman–Crippen LogP) is 3.03. The monoisotopic (exact) mass is 335 g/mol. The molecule has 0 saturated heterocycles. The minimum Gasteiger partial charge on any atom is -0.481 e. The van der Waals surface area contributed by atoms with Crippen LogP contribution in [0.1, 0.15) is 65.2 Å². The van der Waals surface area contributed by atoms with Gasteiger partial charge in [-0.1, -0.05) is 13.3 Å². The van der Waals surface area contributed by atoms with Crippen LogP contribution in [0.25, 0.3) is 0 Å². The molecule has 0 aromatic heterocycles. The van der Waals surface area contributed by atoms with E-state index in [1.165, 1.54) is 6.42 Å². The number of aliphatic carboxylic acids is 1. The molecule has 0 radical (unpaired) electrons. The van der Waals surface area contributed by atoms with Crippen molar-refractivity contribution in [2.75, 3.05) is 6.54 Å². The molecule has 5 saturated carbocycles. The lowest BCUT2D eigenvalue weighted by atomic mass is 9.35. The van der Waals surface area contributed by atoms with Crippen LogP contribution in [0.3, 0.4) is 0 Å². The summed E-state index contributed by atoms with van der Waals surface area (Å²) in [6.45, 7) is 4.93. The number of fused-ring (bicyclic) bond motifs is 3. The minimum absolute atomic E-state index is 0.000784. The summed E-state index contributed by atoms with van der Waals surface area (Å²) in [5.41, 5.74) is 5.47. The number of carboxylic acids is 1. The second-order valence-corrected chi connectivity index (χ2v) is 9.84. The van der Waals surface area contributed by atoms with E-state index in [1.54, 1.807) is 0 Å². The van der Waals surface area contributed by atoms with E-state index in [-0.39, 0.29) is 28.8 Å². The summed E-state index contributed by atoms with van der Waals surface area (Å²) in [7, 11) is 0. The van der Waals surface area contributed by atoms with Gasteiger partial charge in [0.25, 0.3) is 0 Å². The van der Waals surface area contributed by atoms with Crippen molar-refractivity contribution in [1.82, 2.24) is 0 Å². The van der Waals surface area contributed by atoms with Crippen LogP contribution < -0.4 is 5.73 Å². The standard InChI is InChI=1S/C20H33NO3/c1-18-6-3-7-19(2,17(23)24)14(18)5-9-20-8-4-12(10-15(18)20)13(11-21)16(20)22/h12-16,22H,3-11,21H2,1-2H3,(H,23,24)/t12-,13+,14+,15+,16-,18-,19-,20+/m1/s1. The molecule has 0 amide bonds. The molecular formula is C20H33NO3. The molecule has 136 valence electrons. The molecule has 0 heterocycles. The first-order valence-corrected chi connectivity index (χ1v) is 9.91. The number of hydrogen-bond acceptors (Lipinski definition) is 3. The lowest BCUT2D eigenvalue weighted by Gasteiger charge is -2.69. The largest absolute Gasteiger partial charge is 0.481 e. The molecule has 5 fully saturated rings. The molecule has 24 heavy (non-hydrogen) atoms. The van der Waals surface area contributed by atoms with E-state index in [9.17, 15) is 15.0 Å². The van der Waals surface area contributed by atoms with Crippen molar-refractivity contribution >= 4 is 5.97 Å². The second-order valence-electron chi connectivity index (χ2n) is 9.84. The summed E-state index contributed by atoms with van der Waals surface area (Å²) < 4.78 is 0. The summed E-state index contributed by atoms with van der Waals surface area (Å²) >= 11 is 0. The third kappa shape index (κ3) is 1.85. The number of rotatable bonds is 2. The third-order valence-corrected chi connectivity index (χ3v) is 9.25. The third-order valence-electron chi connectivity index (χ3n) is 9.25. The molecule has 4 nitrogen and oxygen atoms in total. The van der Waals surface area contributed by atoms with Crippen LogP contribution in [-0.4, -0.2) is 28.8 Å². The molecule has 2 bridgehead atoms. The van der Waals surface area contributed by atoms with Gasteiger partial charge in [-0.15, -0.1) is 0 Å². The fourth-order valence-electron chi connectivity index (χ4n) is 8.05. The summed E-state index contributed by atoms with van der Waals surface area (Å²) in [6.07, 6.45) is 8.07. The molecular weight excluding hydrogens is 302 g/mol. The molecule has 0 aromatic rings. The maximum atomic E-state index is 12.1. The number of aliphatic hydroxyl groups excluding tert-OH is 1. The Morgan fingerprint density at radius 1 is 1.12 bits per heavy atom. The number of carboxylic acid groups (broad SMARTS) is 1. The van der Waals surface area contributed by atoms with Crippen molar-refractivity contribution in [2.45, 2.75) is 71.3 Å². The van der Waals surface area contributed by atoms with Gasteiger partial charge in [0.15, 0.2) is 0 Å². The van der Waals surface area contributed by atoms with Crippen molar-refractivity contribution < 1.29 is 15.0 Å². The molecule has 1 spiro atoms. The summed E-state index contributed by atoms with van der Waals surface area (Å²) in [6, 6.07) is 0. The van der Waals surface area contributed by atoms with Gasteiger partial charge >= 0.3 is 5.97 Å². The first-order chi connectivity index (χ1) is 11.3. The van der Waals surface area contributed by atoms with Crippen molar-refractivity contribution in [2.24, 2.45) is 45.7 Å². The SMILES string of the molecule is C[C@@]12CCC[C@@](C)(C(=O)O)[C@H]1CC[C@@]13CC[C@H](C[C@@H]21)[C@H](CN)[C@H]3O. The van der Waals surface area contributed by atoms with Gasteiger partial charge in [0.1, 0.15) is 0 Å². The fraction of sp³-hybridized carbons (Fsp3) is 0.950. The van der Waals surface area contributed by atoms with Crippen LogP contribution in [0.2, 0.25) is 0 Å². The Morgan fingerprint density at radius 3 is 2.50 bits per heavy atom. The van der Waals surface area contributed by atoms with Crippen LogP contribution in [0, 0.1) is 39.9 Å². The van der Waals surface area contributed by atoms with Gasteiger partial charge in [0.05, 0.1) is 11.5 Å². The van der Waals surface area contributed by atoms with Gasteiger partial charge in [-0.25, -0.2) is 0 Å². The van der Waals surface area contributed by atoms with Crippen molar-refractivity contribution in [1.29, 1.82) is 0 Å². The highest BCUT2D eigenvalue weighted by Gasteiger charge is 2.68. The lowest BCUT2D eigenvalue weighted by Crippen LogP contribution is -2.67. The van der Waals surface area contributed by atoms with Crippen molar-refractivity contribution in [3.63, 3.8) is 0 Å². The Bertz CT molecular complexity index is 551. The van der Waals surface area contributed by atoms with E-state index in [0.717, 1.165) is 44.9 Å². The highest BCUT2D eigenvalue weighted by molar-refractivity contribution is 5.75. The first-order valence-electron chi connectivity index (χ1n) is 9.91. The van der Waals surface area contributed by atoms with Crippen LogP contribution >= 0.6 is 0 Å².